The van der Waals surface area contributed by atoms with Crippen LogP contribution < -0.4 is 0 Å². The predicted octanol–water partition coefficient (Wildman–Crippen LogP) is 6.60. The molecule has 1 aromatic rings. The van der Waals surface area contributed by atoms with Crippen molar-refractivity contribution in [2.75, 3.05) is 13.1 Å². The molecule has 0 saturated heterocycles. The fourth-order valence-corrected chi connectivity index (χ4v) is 2.88. The molecule has 0 aliphatic heterocycles. The SMILES string of the molecule is CCCCCCN(CCCCCC)C(=O)c1ccc(Cl)c(Cl)c1. The molecule has 0 aliphatic rings. The number of nitrogens with zero attached hydrogens (tertiary/aromatic N) is 1. The molecule has 130 valence electrons. The van der Waals surface area contributed by atoms with Crippen molar-refractivity contribution in [2.45, 2.75) is 65.2 Å². The smallest absolute Gasteiger partial charge is 0.253 e. The number of unbranched alkanes of at least 4 members (excludes halogenated alkanes) is 6. The minimum atomic E-state index is 0.0663. The van der Waals surface area contributed by atoms with Gasteiger partial charge in [-0.2, -0.15) is 0 Å². The number of rotatable bonds is 11. The minimum absolute atomic E-state index is 0.0663. The van der Waals surface area contributed by atoms with E-state index in [9.17, 15) is 4.79 Å². The van der Waals surface area contributed by atoms with Crippen molar-refractivity contribution in [1.82, 2.24) is 4.90 Å². The molecular weight excluding hydrogens is 329 g/mol. The van der Waals surface area contributed by atoms with Crippen LogP contribution >= 0.6 is 23.2 Å². The molecule has 1 aromatic carbocycles. The summed E-state index contributed by atoms with van der Waals surface area (Å²) in [6, 6.07) is 5.14. The van der Waals surface area contributed by atoms with Crippen LogP contribution in [0.1, 0.15) is 75.6 Å². The summed E-state index contributed by atoms with van der Waals surface area (Å²) in [5, 5.41) is 0.926. The van der Waals surface area contributed by atoms with Crippen LogP contribution in [0, 0.1) is 0 Å². The maximum Gasteiger partial charge on any atom is 0.253 e. The summed E-state index contributed by atoms with van der Waals surface area (Å²) >= 11 is 12.0. The van der Waals surface area contributed by atoms with Gasteiger partial charge in [-0.1, -0.05) is 75.6 Å². The highest BCUT2D eigenvalue weighted by molar-refractivity contribution is 6.42. The second-order valence-corrected chi connectivity index (χ2v) is 6.86. The number of carbonyl (C=O) groups is 1. The van der Waals surface area contributed by atoms with E-state index >= 15 is 0 Å². The van der Waals surface area contributed by atoms with Gasteiger partial charge in [0.25, 0.3) is 5.91 Å². The lowest BCUT2D eigenvalue weighted by molar-refractivity contribution is 0.0749. The van der Waals surface area contributed by atoms with Gasteiger partial charge in [-0.3, -0.25) is 4.79 Å². The summed E-state index contributed by atoms with van der Waals surface area (Å²) in [4.78, 5) is 14.7. The number of benzene rings is 1. The molecular formula is C19H29Cl2NO. The van der Waals surface area contributed by atoms with E-state index in [1.807, 2.05) is 4.90 Å². The van der Waals surface area contributed by atoms with Gasteiger partial charge in [0, 0.05) is 18.7 Å². The minimum Gasteiger partial charge on any atom is -0.339 e. The molecule has 0 atom stereocenters. The Hall–Kier alpha value is -0.730. The molecule has 0 fully saturated rings. The standard InChI is InChI=1S/C19H29Cl2NO/c1-3-5-7-9-13-22(14-10-8-6-4-2)19(23)16-11-12-17(20)18(21)15-16/h11-12,15H,3-10,13-14H2,1-2H3. The lowest BCUT2D eigenvalue weighted by Gasteiger charge is -2.23. The molecule has 0 aromatic heterocycles. The molecule has 1 rings (SSSR count). The van der Waals surface area contributed by atoms with E-state index in [4.69, 9.17) is 23.2 Å². The molecule has 1 amide bonds. The molecule has 0 radical (unpaired) electrons. The maximum absolute atomic E-state index is 12.8. The van der Waals surface area contributed by atoms with Crippen LogP contribution in [-0.4, -0.2) is 23.9 Å². The number of hydrogen-bond donors (Lipinski definition) is 0. The van der Waals surface area contributed by atoms with Crippen LogP contribution in [0.15, 0.2) is 18.2 Å². The first-order chi connectivity index (χ1) is 11.1. The van der Waals surface area contributed by atoms with E-state index in [-0.39, 0.29) is 5.91 Å². The molecule has 4 heteroatoms. The van der Waals surface area contributed by atoms with Gasteiger partial charge in [0.2, 0.25) is 0 Å². The Morgan fingerprint density at radius 1 is 0.870 bits per heavy atom. The van der Waals surface area contributed by atoms with E-state index in [1.165, 1.54) is 38.5 Å². The van der Waals surface area contributed by atoms with E-state index < -0.39 is 0 Å². The first-order valence-corrected chi connectivity index (χ1v) is 9.60. The summed E-state index contributed by atoms with van der Waals surface area (Å²) in [6.45, 7) is 6.04. The monoisotopic (exact) mass is 357 g/mol. The Kier molecular flexibility index (Phi) is 10.4. The Balaban J connectivity index is 2.66. The van der Waals surface area contributed by atoms with Crippen LogP contribution in [-0.2, 0) is 0 Å². The average molecular weight is 358 g/mol. The summed E-state index contributed by atoms with van der Waals surface area (Å²) < 4.78 is 0. The zero-order valence-electron chi connectivity index (χ0n) is 14.4. The van der Waals surface area contributed by atoms with Gasteiger partial charge in [-0.15, -0.1) is 0 Å². The van der Waals surface area contributed by atoms with Gasteiger partial charge >= 0.3 is 0 Å². The second kappa shape index (κ2) is 11.8. The third-order valence-corrected chi connectivity index (χ3v) is 4.76. The van der Waals surface area contributed by atoms with E-state index in [0.717, 1.165) is 25.9 Å². The van der Waals surface area contributed by atoms with Crippen LogP contribution in [0.2, 0.25) is 10.0 Å². The molecule has 2 nitrogen and oxygen atoms in total. The van der Waals surface area contributed by atoms with Crippen molar-refractivity contribution in [1.29, 1.82) is 0 Å². The van der Waals surface area contributed by atoms with Gasteiger partial charge < -0.3 is 4.90 Å². The van der Waals surface area contributed by atoms with Crippen molar-refractivity contribution in [3.8, 4) is 0 Å². The lowest BCUT2D eigenvalue weighted by Crippen LogP contribution is -2.33. The summed E-state index contributed by atoms with van der Waals surface area (Å²) in [5.41, 5.74) is 0.630. The molecule has 0 unspecified atom stereocenters. The van der Waals surface area contributed by atoms with Gasteiger partial charge in [0.1, 0.15) is 0 Å². The Morgan fingerprint density at radius 3 is 1.91 bits per heavy atom. The zero-order chi connectivity index (χ0) is 17.1. The van der Waals surface area contributed by atoms with Crippen LogP contribution in [0.5, 0.6) is 0 Å². The zero-order valence-corrected chi connectivity index (χ0v) is 15.9. The fraction of sp³-hybridized carbons (Fsp3) is 0.632. The van der Waals surface area contributed by atoms with Crippen molar-refractivity contribution >= 4 is 29.1 Å². The molecule has 0 N–H and O–H groups in total. The van der Waals surface area contributed by atoms with Crippen LogP contribution in [0.25, 0.3) is 0 Å². The maximum atomic E-state index is 12.8. The van der Waals surface area contributed by atoms with Crippen molar-refractivity contribution < 1.29 is 4.79 Å². The molecule has 0 heterocycles. The molecule has 0 saturated carbocycles. The Labute approximate surface area is 151 Å². The van der Waals surface area contributed by atoms with E-state index in [0.29, 0.717) is 15.6 Å². The van der Waals surface area contributed by atoms with Gasteiger partial charge in [0.15, 0.2) is 0 Å². The van der Waals surface area contributed by atoms with Gasteiger partial charge in [-0.05, 0) is 31.0 Å². The Bertz CT molecular complexity index is 464. The summed E-state index contributed by atoms with van der Waals surface area (Å²) in [5.74, 6) is 0.0663. The van der Waals surface area contributed by atoms with E-state index in [1.54, 1.807) is 18.2 Å². The highest BCUT2D eigenvalue weighted by atomic mass is 35.5. The summed E-state index contributed by atoms with van der Waals surface area (Å²) in [6.07, 6.45) is 9.35. The van der Waals surface area contributed by atoms with Crippen LogP contribution in [0.3, 0.4) is 0 Å². The quantitative estimate of drug-likeness (QED) is 0.408. The highest BCUT2D eigenvalue weighted by Crippen LogP contribution is 2.23. The molecule has 0 spiro atoms. The molecule has 23 heavy (non-hydrogen) atoms. The van der Waals surface area contributed by atoms with Crippen LogP contribution in [0.4, 0.5) is 0 Å². The normalized spacial score (nSPS) is 10.8. The largest absolute Gasteiger partial charge is 0.339 e. The summed E-state index contributed by atoms with van der Waals surface area (Å²) in [7, 11) is 0. The van der Waals surface area contributed by atoms with E-state index in [2.05, 4.69) is 13.8 Å². The fourth-order valence-electron chi connectivity index (χ4n) is 2.59. The average Bonchev–Trinajstić information content (AvgIpc) is 2.55. The van der Waals surface area contributed by atoms with Crippen molar-refractivity contribution in [2.24, 2.45) is 0 Å². The number of halogens is 2. The first kappa shape index (κ1) is 20.3. The van der Waals surface area contributed by atoms with Crippen molar-refractivity contribution in [3.63, 3.8) is 0 Å². The van der Waals surface area contributed by atoms with Gasteiger partial charge in [0.05, 0.1) is 10.0 Å². The van der Waals surface area contributed by atoms with Crippen molar-refractivity contribution in [3.05, 3.63) is 33.8 Å². The number of hydrogen-bond acceptors (Lipinski definition) is 1. The number of amides is 1. The topological polar surface area (TPSA) is 20.3 Å². The third-order valence-electron chi connectivity index (χ3n) is 4.02. The number of carbonyl (C=O) groups excluding carboxylic acids is 1. The first-order valence-electron chi connectivity index (χ1n) is 8.84. The highest BCUT2D eigenvalue weighted by Gasteiger charge is 2.16. The predicted molar refractivity (Wildman–Crippen MR) is 101 cm³/mol. The molecule has 0 aliphatic carbocycles. The Morgan fingerprint density at radius 2 is 1.43 bits per heavy atom. The second-order valence-electron chi connectivity index (χ2n) is 6.04. The lowest BCUT2D eigenvalue weighted by atomic mass is 10.1. The third kappa shape index (κ3) is 7.58. The molecule has 0 bridgehead atoms. The van der Waals surface area contributed by atoms with Gasteiger partial charge in [-0.25, -0.2) is 0 Å².